The molecule has 8 heteroatoms. The Hall–Kier alpha value is -14.4. The van der Waals surface area contributed by atoms with Crippen LogP contribution in [-0.2, 0) is 0 Å². The molecule has 0 spiro atoms. The summed E-state index contributed by atoms with van der Waals surface area (Å²) in [5.74, 6) is 0. The predicted octanol–water partition coefficient (Wildman–Crippen LogP) is 27.5. The minimum absolute atomic E-state index is 0.216. The monoisotopic (exact) mass is 1510 g/mol. The van der Waals surface area contributed by atoms with Crippen molar-refractivity contribution in [1.29, 1.82) is 0 Å². The number of anilines is 3. The summed E-state index contributed by atoms with van der Waals surface area (Å²) in [5.41, 5.74) is 32.4. The fourth-order valence-electron chi connectivity index (χ4n) is 19.9. The largest absolute Gasteiger partial charge is 0.310 e. The third-order valence-corrected chi connectivity index (χ3v) is 27.1. The molecule has 2 aliphatic rings. The van der Waals surface area contributed by atoms with E-state index in [-0.39, 0.29) is 6.71 Å². The van der Waals surface area contributed by atoms with Crippen molar-refractivity contribution in [2.24, 2.45) is 0 Å². The smallest absolute Gasteiger partial charge is 0.249 e. The Labute approximate surface area is 677 Å². The van der Waals surface area contributed by atoms with Crippen LogP contribution in [0.25, 0.3) is 186 Å². The first-order valence-corrected chi connectivity index (χ1v) is 41.5. The third kappa shape index (κ3) is 9.66. The summed E-state index contributed by atoms with van der Waals surface area (Å²) < 4.78 is 12.7. The van der Waals surface area contributed by atoms with Crippen molar-refractivity contribution in [3.8, 4) is 78.4 Å². The maximum atomic E-state index is 2.72. The van der Waals surface area contributed by atoms with E-state index in [1.54, 1.807) is 0 Å². The van der Waals surface area contributed by atoms with Gasteiger partial charge in [-0.15, -0.1) is 11.3 Å². The van der Waals surface area contributed by atoms with E-state index in [1.807, 2.05) is 23.1 Å². The van der Waals surface area contributed by atoms with Crippen LogP contribution in [0.4, 0.5) is 17.1 Å². The van der Waals surface area contributed by atoms with Crippen LogP contribution in [0.5, 0.6) is 0 Å². The Balaban J connectivity index is 0.815. The molecule has 0 radical (unpaired) electrons. The van der Waals surface area contributed by atoms with Crippen LogP contribution < -0.4 is 21.3 Å². The molecular weight excluding hydrogens is 1440 g/mol. The van der Waals surface area contributed by atoms with Crippen LogP contribution in [0.1, 0.15) is 0 Å². The van der Waals surface area contributed by atoms with E-state index in [1.165, 1.54) is 123 Å². The van der Waals surface area contributed by atoms with Gasteiger partial charge in [0, 0.05) is 112 Å². The fraction of sp³-hybridized carbons (Fsp3) is 0. The van der Waals surface area contributed by atoms with Crippen molar-refractivity contribution >= 4 is 171 Å². The Kier molecular flexibility index (Phi) is 14.4. The molecule has 5 nitrogen and oxygen atoms in total. The minimum atomic E-state index is -0.216. The highest BCUT2D eigenvalue weighted by molar-refractivity contribution is 8.00. The Bertz CT molecular complexity index is 7730. The van der Waals surface area contributed by atoms with E-state index in [2.05, 4.69) is 424 Å². The molecule has 538 valence electrons. The zero-order chi connectivity index (χ0) is 75.8. The summed E-state index contributed by atoms with van der Waals surface area (Å²) in [5, 5.41) is 12.3. The molecule has 23 aromatic rings. The first-order chi connectivity index (χ1) is 57.6. The van der Waals surface area contributed by atoms with Crippen molar-refractivity contribution in [3.63, 3.8) is 0 Å². The lowest BCUT2D eigenvalue weighted by Crippen LogP contribution is -2.60. The molecule has 0 N–H and O–H groups in total. The van der Waals surface area contributed by atoms with Gasteiger partial charge in [0.2, 0.25) is 6.71 Å². The molecule has 25 rings (SSSR count). The van der Waals surface area contributed by atoms with E-state index in [0.717, 1.165) is 106 Å². The number of hydrogen-bond donors (Lipinski definition) is 0. The number of fused-ring (bicyclic) bond motifs is 20. The Morgan fingerprint density at radius 1 is 0.233 bits per heavy atom. The number of thiophene rings is 1. The van der Waals surface area contributed by atoms with Crippen LogP contribution in [-0.4, -0.2) is 25.0 Å². The number of para-hydroxylation sites is 8. The van der Waals surface area contributed by atoms with Gasteiger partial charge in [-0.3, -0.25) is 0 Å². The molecule has 18 aromatic carbocycles. The minimum Gasteiger partial charge on any atom is -0.310 e. The summed E-state index contributed by atoms with van der Waals surface area (Å²) in [6.07, 6.45) is 0. The maximum absolute atomic E-state index is 2.72. The summed E-state index contributed by atoms with van der Waals surface area (Å²) in [6.45, 7) is -0.216. The maximum Gasteiger partial charge on any atom is 0.249 e. The van der Waals surface area contributed by atoms with Crippen LogP contribution in [0.3, 0.4) is 0 Å². The van der Waals surface area contributed by atoms with Crippen LogP contribution in [0.15, 0.2) is 410 Å². The van der Waals surface area contributed by atoms with Gasteiger partial charge in [0.05, 0.1) is 61.2 Å². The molecule has 0 amide bonds. The highest BCUT2D eigenvalue weighted by Gasteiger charge is 2.44. The highest BCUT2D eigenvalue weighted by Crippen LogP contribution is 2.54. The summed E-state index contributed by atoms with van der Waals surface area (Å²) in [6, 6.07) is 151. The average molecular weight is 1510 g/mol. The second-order valence-electron chi connectivity index (χ2n) is 30.9. The molecular formula is C108H66BN5S2. The fourth-order valence-corrected chi connectivity index (χ4v) is 22.4. The lowest BCUT2D eigenvalue weighted by atomic mass is 9.34. The Morgan fingerprint density at radius 3 is 1.19 bits per heavy atom. The number of benzene rings is 18. The van der Waals surface area contributed by atoms with Gasteiger partial charge >= 0.3 is 0 Å². The summed E-state index contributed by atoms with van der Waals surface area (Å²) in [7, 11) is 0. The zero-order valence-electron chi connectivity index (χ0n) is 62.7. The molecule has 0 fully saturated rings. The molecule has 0 atom stereocenters. The van der Waals surface area contributed by atoms with Crippen molar-refractivity contribution in [2.75, 3.05) is 4.90 Å². The first-order valence-electron chi connectivity index (χ1n) is 39.9. The van der Waals surface area contributed by atoms with Crippen LogP contribution >= 0.6 is 23.1 Å². The summed E-state index contributed by atoms with van der Waals surface area (Å²) in [4.78, 5) is 5.23. The summed E-state index contributed by atoms with van der Waals surface area (Å²) >= 11 is 3.87. The molecule has 0 unspecified atom stereocenters. The molecule has 2 aliphatic heterocycles. The van der Waals surface area contributed by atoms with Crippen molar-refractivity contribution in [3.05, 3.63) is 400 Å². The van der Waals surface area contributed by atoms with Gasteiger partial charge < -0.3 is 23.2 Å². The first kappa shape index (κ1) is 65.2. The quantitative estimate of drug-likeness (QED) is 0.127. The van der Waals surface area contributed by atoms with E-state index in [4.69, 9.17) is 0 Å². The SMILES string of the molecule is c1ccc(-c2cccc(-c3ccc4c(c3)c3ccccc3n4-c3ccc4c(c3)N(c3c(-c5ccccc5)cccc3-c3ccccc3)c3cc(-c5c(-n6c7ccccc7c7ccccc76)cccc5-n5c6ccccc6c6ccccc65)cc5c3B4c3ccc4sc6ccc(-n7c8ccccc8c8ccccc87)cc6c4c3S5)c2)cc1. The molecule has 0 saturated heterocycles. The third-order valence-electron chi connectivity index (χ3n) is 24.8. The lowest BCUT2D eigenvalue weighted by molar-refractivity contribution is 1.13. The number of nitrogens with zero attached hydrogens (tertiary/aromatic N) is 5. The second-order valence-corrected chi connectivity index (χ2v) is 33.0. The number of aromatic nitrogens is 4. The molecule has 0 bridgehead atoms. The van der Waals surface area contributed by atoms with Gasteiger partial charge in [-0.25, -0.2) is 0 Å². The van der Waals surface area contributed by atoms with E-state index < -0.39 is 0 Å². The predicted molar refractivity (Wildman–Crippen MR) is 494 cm³/mol. The standard InChI is InChI=1S/C108H66BN5S2/c1-4-27-67(28-5-1)70-33-24-34-71(61-70)72-53-58-96-85(62-72)84-41-16-19-46-91(84)111(96)75-54-56-87-99(66-75)114(107-76(68-29-6-2-7-30-68)42-25-43-77(107)69-31-8-3-9-32-69)100-63-73(104-97(112-92-47-20-12-37-80(92)81-38-13-21-48-93(81)112)51-26-52-98(104)113-94-49-22-14-39-82(94)83-40-15-23-50-95(83)113)64-103-106(100)109(87)88-57-60-102-105(108(88)116-103)86-65-74(55-59-101(86)115-102)110-89-44-17-10-35-78(89)79-36-11-18-45-90(79)110/h1-66H. The second kappa shape index (κ2) is 25.6. The van der Waals surface area contributed by atoms with Gasteiger partial charge in [-0.05, 0) is 171 Å². The number of hydrogen-bond acceptors (Lipinski definition) is 3. The van der Waals surface area contributed by atoms with E-state index in [0.29, 0.717) is 0 Å². The van der Waals surface area contributed by atoms with Crippen molar-refractivity contribution in [1.82, 2.24) is 18.3 Å². The van der Waals surface area contributed by atoms with Gasteiger partial charge in [-0.2, -0.15) is 0 Å². The topological polar surface area (TPSA) is 23.0 Å². The average Bonchev–Trinajstić information content (AvgIpc) is 0.967. The highest BCUT2D eigenvalue weighted by atomic mass is 32.2. The van der Waals surface area contributed by atoms with Crippen molar-refractivity contribution in [2.45, 2.75) is 9.79 Å². The lowest BCUT2D eigenvalue weighted by Gasteiger charge is -2.42. The van der Waals surface area contributed by atoms with E-state index in [9.17, 15) is 0 Å². The number of rotatable bonds is 10. The molecule has 116 heavy (non-hydrogen) atoms. The molecule has 5 aromatic heterocycles. The zero-order valence-corrected chi connectivity index (χ0v) is 64.4. The van der Waals surface area contributed by atoms with Crippen LogP contribution in [0, 0.1) is 0 Å². The van der Waals surface area contributed by atoms with Gasteiger partial charge in [0.15, 0.2) is 0 Å². The van der Waals surface area contributed by atoms with Gasteiger partial charge in [0.25, 0.3) is 0 Å². The van der Waals surface area contributed by atoms with Crippen LogP contribution in [0.2, 0.25) is 0 Å². The van der Waals surface area contributed by atoms with Crippen molar-refractivity contribution < 1.29 is 0 Å². The molecule has 0 aliphatic carbocycles. The normalized spacial score (nSPS) is 12.6. The Morgan fingerprint density at radius 2 is 0.647 bits per heavy atom. The van der Waals surface area contributed by atoms with E-state index >= 15 is 0 Å². The molecule has 7 heterocycles. The van der Waals surface area contributed by atoms with Gasteiger partial charge in [0.1, 0.15) is 0 Å². The molecule has 0 saturated carbocycles. The van der Waals surface area contributed by atoms with Gasteiger partial charge in [-0.1, -0.05) is 296 Å².